The van der Waals surface area contributed by atoms with Crippen LogP contribution in [0.2, 0.25) is 0 Å². The molecule has 29 heavy (non-hydrogen) atoms. The first-order valence-corrected chi connectivity index (χ1v) is 12.0. The van der Waals surface area contributed by atoms with Crippen molar-refractivity contribution in [3.05, 3.63) is 35.1 Å². The van der Waals surface area contributed by atoms with Gasteiger partial charge in [-0.1, -0.05) is 56.8 Å². The average Bonchev–Trinajstić information content (AvgIpc) is 2.65. The van der Waals surface area contributed by atoms with E-state index in [4.69, 9.17) is 4.74 Å². The lowest BCUT2D eigenvalue weighted by atomic mass is 10.1. The maximum absolute atomic E-state index is 13.4. The molecule has 0 unspecified atom stereocenters. The Morgan fingerprint density at radius 3 is 1.97 bits per heavy atom. The Balaban J connectivity index is 1.90. The Hall–Kier alpha value is -1.12. The molecule has 1 nitrogen and oxygen atoms in total. The van der Waals surface area contributed by atoms with Crippen molar-refractivity contribution in [3.8, 4) is 11.8 Å². The number of rotatable bonds is 15. The molecule has 1 aromatic carbocycles. The van der Waals surface area contributed by atoms with E-state index in [0.717, 1.165) is 25.2 Å². The van der Waals surface area contributed by atoms with E-state index >= 15 is 0 Å². The van der Waals surface area contributed by atoms with Crippen molar-refractivity contribution >= 4 is 11.8 Å². The topological polar surface area (TPSA) is 9.23 Å². The van der Waals surface area contributed by atoms with E-state index in [1.807, 2.05) is 11.8 Å². The fourth-order valence-corrected chi connectivity index (χ4v) is 3.74. The van der Waals surface area contributed by atoms with Crippen LogP contribution in [-0.2, 0) is 4.74 Å². The van der Waals surface area contributed by atoms with Crippen LogP contribution in [0.25, 0.3) is 0 Å². The largest absolute Gasteiger partial charge is 0.378 e. The molecule has 164 valence electrons. The molecular weight excluding hydrogens is 393 g/mol. The van der Waals surface area contributed by atoms with Crippen LogP contribution in [0, 0.1) is 29.3 Å². The van der Waals surface area contributed by atoms with Crippen molar-refractivity contribution in [1.29, 1.82) is 0 Å². The number of halogens is 3. The SMILES string of the molecule is CC(C)OCCSCCCCCCCCCCCC#Cc1c(F)cc(F)cc1F. The maximum Gasteiger partial charge on any atom is 0.144 e. The summed E-state index contributed by atoms with van der Waals surface area (Å²) in [6.45, 7) is 4.99. The third kappa shape index (κ3) is 13.7. The summed E-state index contributed by atoms with van der Waals surface area (Å²) in [4.78, 5) is 0. The van der Waals surface area contributed by atoms with E-state index in [1.165, 1.54) is 50.7 Å². The van der Waals surface area contributed by atoms with Crippen molar-refractivity contribution in [3.63, 3.8) is 0 Å². The molecule has 0 heterocycles. The predicted octanol–water partition coefficient (Wildman–Crippen LogP) is 7.51. The summed E-state index contributed by atoms with van der Waals surface area (Å²) < 4.78 is 45.2. The molecule has 5 heteroatoms. The molecule has 0 N–H and O–H groups in total. The van der Waals surface area contributed by atoms with Gasteiger partial charge in [0, 0.05) is 24.3 Å². The molecular formula is C24H35F3OS. The first-order valence-electron chi connectivity index (χ1n) is 10.8. The zero-order valence-corrected chi connectivity index (χ0v) is 18.7. The van der Waals surface area contributed by atoms with Crippen molar-refractivity contribution < 1.29 is 17.9 Å². The van der Waals surface area contributed by atoms with E-state index in [1.54, 1.807) is 0 Å². The normalized spacial score (nSPS) is 11.0. The minimum atomic E-state index is -0.936. The third-order valence-electron chi connectivity index (χ3n) is 4.49. The van der Waals surface area contributed by atoms with Crippen molar-refractivity contribution in [1.82, 2.24) is 0 Å². The zero-order chi connectivity index (χ0) is 21.3. The molecule has 0 aliphatic heterocycles. The second-order valence-corrected chi connectivity index (χ2v) is 8.73. The van der Waals surface area contributed by atoms with Crippen LogP contribution in [-0.4, -0.2) is 24.2 Å². The number of hydrogen-bond acceptors (Lipinski definition) is 2. The number of hydrogen-bond donors (Lipinski definition) is 0. The highest BCUT2D eigenvalue weighted by atomic mass is 32.2. The van der Waals surface area contributed by atoms with Gasteiger partial charge >= 0.3 is 0 Å². The van der Waals surface area contributed by atoms with Gasteiger partial charge in [0.15, 0.2) is 0 Å². The van der Waals surface area contributed by atoms with Gasteiger partial charge in [0.25, 0.3) is 0 Å². The summed E-state index contributed by atoms with van der Waals surface area (Å²) in [7, 11) is 0. The molecule has 0 aliphatic rings. The van der Waals surface area contributed by atoms with Gasteiger partial charge in [-0.3, -0.25) is 0 Å². The van der Waals surface area contributed by atoms with Crippen LogP contribution in [0.1, 0.15) is 83.6 Å². The summed E-state index contributed by atoms with van der Waals surface area (Å²) in [6.07, 6.45) is 11.8. The fraction of sp³-hybridized carbons (Fsp3) is 0.667. The molecule has 0 radical (unpaired) electrons. The molecule has 0 aromatic heterocycles. The molecule has 1 rings (SSSR count). The molecule has 0 aliphatic carbocycles. The molecule has 1 aromatic rings. The first-order chi connectivity index (χ1) is 14.0. The molecule has 0 atom stereocenters. The smallest absolute Gasteiger partial charge is 0.144 e. The van der Waals surface area contributed by atoms with Crippen LogP contribution in [0.15, 0.2) is 12.1 Å². The molecule has 0 fully saturated rings. The van der Waals surface area contributed by atoms with Crippen LogP contribution in [0.4, 0.5) is 13.2 Å². The number of thioether (sulfide) groups is 1. The Bertz CT molecular complexity index is 599. The Morgan fingerprint density at radius 1 is 0.828 bits per heavy atom. The Morgan fingerprint density at radius 2 is 1.38 bits per heavy atom. The Kier molecular flexibility index (Phi) is 14.9. The lowest BCUT2D eigenvalue weighted by molar-refractivity contribution is 0.0920. The predicted molar refractivity (Wildman–Crippen MR) is 118 cm³/mol. The number of ether oxygens (including phenoxy) is 1. The van der Waals surface area contributed by atoms with Crippen LogP contribution >= 0.6 is 11.8 Å². The van der Waals surface area contributed by atoms with Gasteiger partial charge in [0.2, 0.25) is 0 Å². The van der Waals surface area contributed by atoms with Crippen molar-refractivity contribution in [2.75, 3.05) is 18.1 Å². The molecule has 0 saturated heterocycles. The van der Waals surface area contributed by atoms with Crippen LogP contribution in [0.5, 0.6) is 0 Å². The highest BCUT2D eigenvalue weighted by Gasteiger charge is 2.08. The van der Waals surface area contributed by atoms with E-state index in [2.05, 4.69) is 25.7 Å². The summed E-state index contributed by atoms with van der Waals surface area (Å²) in [5.41, 5.74) is -0.339. The highest BCUT2D eigenvalue weighted by Crippen LogP contribution is 2.14. The lowest BCUT2D eigenvalue weighted by Crippen LogP contribution is -2.05. The molecule has 0 saturated carbocycles. The molecule has 0 bridgehead atoms. The first kappa shape index (κ1) is 25.9. The van der Waals surface area contributed by atoms with Gasteiger partial charge in [-0.2, -0.15) is 11.8 Å². The van der Waals surface area contributed by atoms with Gasteiger partial charge in [0.05, 0.1) is 18.3 Å². The Labute approximate surface area is 179 Å². The van der Waals surface area contributed by atoms with Gasteiger partial charge in [-0.05, 0) is 32.4 Å². The van der Waals surface area contributed by atoms with Gasteiger partial charge in [-0.25, -0.2) is 13.2 Å². The maximum atomic E-state index is 13.4. The lowest BCUT2D eigenvalue weighted by Gasteiger charge is -2.06. The van der Waals surface area contributed by atoms with Gasteiger partial charge in [-0.15, -0.1) is 0 Å². The highest BCUT2D eigenvalue weighted by molar-refractivity contribution is 7.99. The van der Waals surface area contributed by atoms with E-state index in [0.29, 0.717) is 24.7 Å². The summed E-state index contributed by atoms with van der Waals surface area (Å²) in [5, 5.41) is 0. The standard InChI is InChI=1S/C24H35F3OS/c1-20(2)28-15-17-29-16-13-11-9-7-5-3-4-6-8-10-12-14-22-23(26)18-21(25)19-24(22)27/h18-20H,3-11,13,15-17H2,1-2H3. The second kappa shape index (κ2) is 16.7. The summed E-state index contributed by atoms with van der Waals surface area (Å²) in [6, 6.07) is 1.32. The van der Waals surface area contributed by atoms with E-state index in [9.17, 15) is 13.2 Å². The quantitative estimate of drug-likeness (QED) is 0.211. The molecule has 0 spiro atoms. The van der Waals surface area contributed by atoms with Gasteiger partial charge in [0.1, 0.15) is 17.5 Å². The number of unbranched alkanes of at least 4 members (excludes halogenated alkanes) is 9. The van der Waals surface area contributed by atoms with Crippen molar-refractivity contribution in [2.24, 2.45) is 0 Å². The second-order valence-electron chi connectivity index (χ2n) is 7.51. The van der Waals surface area contributed by atoms with Crippen LogP contribution < -0.4 is 0 Å². The minimum absolute atomic E-state index is 0.332. The average molecular weight is 429 g/mol. The van der Waals surface area contributed by atoms with Gasteiger partial charge < -0.3 is 4.74 Å². The zero-order valence-electron chi connectivity index (χ0n) is 17.9. The number of benzene rings is 1. The molecule has 0 amide bonds. The van der Waals surface area contributed by atoms with E-state index < -0.39 is 17.5 Å². The third-order valence-corrected chi connectivity index (χ3v) is 5.52. The van der Waals surface area contributed by atoms with Crippen LogP contribution in [0.3, 0.4) is 0 Å². The van der Waals surface area contributed by atoms with E-state index in [-0.39, 0.29) is 5.56 Å². The fourth-order valence-electron chi connectivity index (χ4n) is 2.91. The monoisotopic (exact) mass is 428 g/mol. The van der Waals surface area contributed by atoms with Crippen molar-refractivity contribution in [2.45, 2.75) is 84.2 Å². The summed E-state index contributed by atoms with van der Waals surface area (Å²) in [5.74, 6) is 4.81. The summed E-state index contributed by atoms with van der Waals surface area (Å²) >= 11 is 1.98. The minimum Gasteiger partial charge on any atom is -0.378 e.